The largest absolute Gasteiger partial charge is 0.322 e. The number of hydrogen-bond donors (Lipinski definition) is 1. The van der Waals surface area contributed by atoms with E-state index in [2.05, 4.69) is 29.4 Å². The highest BCUT2D eigenvalue weighted by Gasteiger charge is 2.08. The predicted molar refractivity (Wildman–Crippen MR) is 128 cm³/mol. The number of halogens is 1. The van der Waals surface area contributed by atoms with E-state index in [0.29, 0.717) is 10.6 Å². The fourth-order valence-corrected chi connectivity index (χ4v) is 3.78. The first kappa shape index (κ1) is 21.1. The van der Waals surface area contributed by atoms with E-state index in [1.807, 2.05) is 65.3 Å². The number of amides is 1. The van der Waals surface area contributed by atoms with E-state index in [1.54, 1.807) is 0 Å². The van der Waals surface area contributed by atoms with E-state index in [-0.39, 0.29) is 5.91 Å². The maximum Gasteiger partial charge on any atom is 0.255 e. The number of aryl methyl sites for hydroxylation is 1. The molecule has 0 bridgehead atoms. The topological polar surface area (TPSA) is 46.4 Å². The first-order valence-electron chi connectivity index (χ1n) is 10.8. The molecule has 0 aliphatic carbocycles. The van der Waals surface area contributed by atoms with Crippen LogP contribution in [0.15, 0.2) is 73.1 Å². The molecule has 0 aliphatic heterocycles. The number of benzene rings is 2. The van der Waals surface area contributed by atoms with Crippen LogP contribution in [0.2, 0.25) is 5.02 Å². The van der Waals surface area contributed by atoms with Gasteiger partial charge >= 0.3 is 0 Å². The van der Waals surface area contributed by atoms with Gasteiger partial charge in [-0.2, -0.15) is 0 Å². The van der Waals surface area contributed by atoms with Crippen LogP contribution < -0.4 is 5.32 Å². The number of nitrogens with zero attached hydrogens (tertiary/aromatic N) is 2. The average Bonchev–Trinajstić information content (AvgIpc) is 3.21. The van der Waals surface area contributed by atoms with Gasteiger partial charge in [-0.15, -0.1) is 0 Å². The third kappa shape index (κ3) is 5.33. The number of carbonyl (C=O) groups is 1. The van der Waals surface area contributed by atoms with Gasteiger partial charge in [-0.1, -0.05) is 62.1 Å². The van der Waals surface area contributed by atoms with Crippen LogP contribution in [0.25, 0.3) is 16.9 Å². The summed E-state index contributed by atoms with van der Waals surface area (Å²) in [5.41, 5.74) is 5.37. The number of aromatic nitrogens is 2. The molecule has 2 aromatic carbocycles. The van der Waals surface area contributed by atoms with E-state index < -0.39 is 0 Å². The van der Waals surface area contributed by atoms with Crippen LogP contribution in [0.5, 0.6) is 0 Å². The minimum atomic E-state index is -0.104. The number of anilines is 1. The smallest absolute Gasteiger partial charge is 0.255 e. The molecule has 158 valence electrons. The molecule has 4 nitrogen and oxygen atoms in total. The van der Waals surface area contributed by atoms with Crippen LogP contribution >= 0.6 is 11.6 Å². The van der Waals surface area contributed by atoms with Crippen molar-refractivity contribution in [2.45, 2.75) is 39.0 Å². The van der Waals surface area contributed by atoms with E-state index in [4.69, 9.17) is 11.6 Å². The number of pyridine rings is 1. The van der Waals surface area contributed by atoms with Crippen molar-refractivity contribution in [2.24, 2.45) is 0 Å². The molecule has 0 radical (unpaired) electrons. The van der Waals surface area contributed by atoms with Crippen molar-refractivity contribution < 1.29 is 4.79 Å². The van der Waals surface area contributed by atoms with E-state index in [0.717, 1.165) is 29.0 Å². The lowest BCUT2D eigenvalue weighted by molar-refractivity contribution is 0.102. The summed E-state index contributed by atoms with van der Waals surface area (Å²) in [6, 6.07) is 19.3. The minimum Gasteiger partial charge on any atom is -0.322 e. The van der Waals surface area contributed by atoms with Gasteiger partial charge < -0.3 is 9.72 Å². The molecule has 1 amide bonds. The molecule has 5 heteroatoms. The van der Waals surface area contributed by atoms with Gasteiger partial charge in [0.15, 0.2) is 0 Å². The quantitative estimate of drug-likeness (QED) is 0.304. The maximum atomic E-state index is 12.6. The molecular weight excluding hydrogens is 406 g/mol. The first-order chi connectivity index (χ1) is 15.1. The van der Waals surface area contributed by atoms with Gasteiger partial charge in [0.1, 0.15) is 5.65 Å². The zero-order valence-corrected chi connectivity index (χ0v) is 18.4. The Hall–Kier alpha value is -3.11. The second-order valence-corrected chi connectivity index (χ2v) is 8.21. The Bertz CT molecular complexity index is 1160. The molecule has 2 aromatic heterocycles. The Morgan fingerprint density at radius 2 is 1.71 bits per heavy atom. The molecule has 2 heterocycles. The van der Waals surface area contributed by atoms with Crippen LogP contribution in [0.3, 0.4) is 0 Å². The number of unbranched alkanes of at least 4 members (excludes halogenated alkanes) is 3. The first-order valence-corrected chi connectivity index (χ1v) is 11.1. The van der Waals surface area contributed by atoms with Crippen LogP contribution in [0.1, 0.15) is 48.5 Å². The summed E-state index contributed by atoms with van der Waals surface area (Å²) >= 11 is 6.05. The maximum absolute atomic E-state index is 12.6. The number of carbonyl (C=O) groups excluding carboxylic acids is 1. The van der Waals surface area contributed by atoms with E-state index >= 15 is 0 Å². The normalized spacial score (nSPS) is 11.0. The monoisotopic (exact) mass is 431 g/mol. The van der Waals surface area contributed by atoms with Crippen molar-refractivity contribution in [2.75, 3.05) is 5.32 Å². The molecular formula is C26H26ClN3O. The Labute approximate surface area is 187 Å². The lowest BCUT2D eigenvalue weighted by atomic mass is 10.0. The molecule has 0 spiro atoms. The highest BCUT2D eigenvalue weighted by atomic mass is 35.5. The Balaban J connectivity index is 1.38. The van der Waals surface area contributed by atoms with Gasteiger partial charge in [0.05, 0.1) is 10.7 Å². The Kier molecular flexibility index (Phi) is 6.68. The Morgan fingerprint density at radius 1 is 0.935 bits per heavy atom. The summed E-state index contributed by atoms with van der Waals surface area (Å²) in [6.07, 6.45) is 9.83. The second kappa shape index (κ2) is 9.80. The van der Waals surface area contributed by atoms with Crippen molar-refractivity contribution in [3.05, 3.63) is 89.2 Å². The SMILES string of the molecule is CCCCCCc1ccc(C(=O)Nc2ccc(-c3cn4cc(Cl)ccc4n3)cc2)cc1. The van der Waals surface area contributed by atoms with Crippen molar-refractivity contribution in [1.29, 1.82) is 0 Å². The summed E-state index contributed by atoms with van der Waals surface area (Å²) in [7, 11) is 0. The summed E-state index contributed by atoms with van der Waals surface area (Å²) in [5.74, 6) is -0.104. The number of rotatable bonds is 8. The van der Waals surface area contributed by atoms with E-state index in [9.17, 15) is 4.79 Å². The van der Waals surface area contributed by atoms with Gasteiger partial charge in [-0.05, 0) is 54.8 Å². The summed E-state index contributed by atoms with van der Waals surface area (Å²) < 4.78 is 1.90. The standard InChI is InChI=1S/C26H26ClN3O/c1-2-3-4-5-6-19-7-9-21(10-8-19)26(31)28-23-14-11-20(12-15-23)24-18-30-17-22(27)13-16-25(30)29-24/h7-18H,2-6H2,1H3,(H,28,31). The number of fused-ring (bicyclic) bond motifs is 1. The molecule has 0 fully saturated rings. The zero-order chi connectivity index (χ0) is 21.6. The zero-order valence-electron chi connectivity index (χ0n) is 17.6. The van der Waals surface area contributed by atoms with Crippen molar-refractivity contribution in [1.82, 2.24) is 9.38 Å². The molecule has 0 atom stereocenters. The van der Waals surface area contributed by atoms with Gasteiger partial charge in [0.2, 0.25) is 0 Å². The fraction of sp³-hybridized carbons (Fsp3) is 0.231. The van der Waals surface area contributed by atoms with Crippen molar-refractivity contribution in [3.63, 3.8) is 0 Å². The third-order valence-corrected chi connectivity index (χ3v) is 5.61. The van der Waals surface area contributed by atoms with Crippen molar-refractivity contribution >= 4 is 28.8 Å². The lowest BCUT2D eigenvalue weighted by Crippen LogP contribution is -2.11. The van der Waals surface area contributed by atoms with Crippen LogP contribution in [0, 0.1) is 0 Å². The third-order valence-electron chi connectivity index (χ3n) is 5.39. The molecule has 0 saturated heterocycles. The highest BCUT2D eigenvalue weighted by Crippen LogP contribution is 2.23. The molecule has 0 unspecified atom stereocenters. The summed E-state index contributed by atoms with van der Waals surface area (Å²) in [4.78, 5) is 17.2. The Morgan fingerprint density at radius 3 is 2.45 bits per heavy atom. The number of imidazole rings is 1. The van der Waals surface area contributed by atoms with E-state index in [1.165, 1.54) is 31.2 Å². The molecule has 1 N–H and O–H groups in total. The van der Waals surface area contributed by atoms with Crippen LogP contribution in [-0.4, -0.2) is 15.3 Å². The van der Waals surface area contributed by atoms with Gasteiger partial charge in [-0.3, -0.25) is 4.79 Å². The average molecular weight is 432 g/mol. The highest BCUT2D eigenvalue weighted by molar-refractivity contribution is 6.30. The predicted octanol–water partition coefficient (Wildman–Crippen LogP) is 7.03. The molecule has 4 rings (SSSR count). The van der Waals surface area contributed by atoms with Gasteiger partial charge in [0, 0.05) is 29.2 Å². The lowest BCUT2D eigenvalue weighted by Gasteiger charge is -2.07. The van der Waals surface area contributed by atoms with Gasteiger partial charge in [-0.25, -0.2) is 4.98 Å². The number of nitrogens with one attached hydrogen (secondary N) is 1. The van der Waals surface area contributed by atoms with Gasteiger partial charge in [0.25, 0.3) is 5.91 Å². The molecule has 31 heavy (non-hydrogen) atoms. The summed E-state index contributed by atoms with van der Waals surface area (Å²) in [6.45, 7) is 2.22. The van der Waals surface area contributed by atoms with Crippen LogP contribution in [-0.2, 0) is 6.42 Å². The van der Waals surface area contributed by atoms with Crippen LogP contribution in [0.4, 0.5) is 5.69 Å². The molecule has 4 aromatic rings. The summed E-state index contributed by atoms with van der Waals surface area (Å²) in [5, 5.41) is 3.63. The number of hydrogen-bond acceptors (Lipinski definition) is 2. The fourth-order valence-electron chi connectivity index (χ4n) is 3.61. The minimum absolute atomic E-state index is 0.104. The van der Waals surface area contributed by atoms with Crippen molar-refractivity contribution in [3.8, 4) is 11.3 Å². The molecule has 0 aliphatic rings. The molecule has 0 saturated carbocycles. The second-order valence-electron chi connectivity index (χ2n) is 7.78.